The van der Waals surface area contributed by atoms with E-state index in [1.807, 2.05) is 0 Å². The molecule has 0 saturated heterocycles. The molecule has 0 aliphatic heterocycles. The Hall–Kier alpha value is -1.13. The van der Waals surface area contributed by atoms with Gasteiger partial charge in [-0.3, -0.25) is 4.79 Å². The first kappa shape index (κ1) is 33.9. The molecule has 0 spiro atoms. The van der Waals surface area contributed by atoms with Crippen molar-refractivity contribution in [3.05, 3.63) is 24.3 Å². The van der Waals surface area contributed by atoms with Crippen molar-refractivity contribution >= 4 is 5.97 Å². The van der Waals surface area contributed by atoms with Crippen LogP contribution in [0.4, 0.5) is 0 Å². The van der Waals surface area contributed by atoms with Crippen molar-refractivity contribution in [1.82, 2.24) is 0 Å². The normalized spacial score (nSPS) is 12.7. The summed E-state index contributed by atoms with van der Waals surface area (Å²) in [6.45, 7) is 5.25. The summed E-state index contributed by atoms with van der Waals surface area (Å²) in [7, 11) is 0. The molecule has 0 heterocycles. The number of carbonyl (C=O) groups is 1. The third-order valence-corrected chi connectivity index (χ3v) is 6.28. The summed E-state index contributed by atoms with van der Waals surface area (Å²) in [5.41, 5.74) is 0. The quantitative estimate of drug-likeness (QED) is 0.0703. The van der Waals surface area contributed by atoms with Gasteiger partial charge in [-0.2, -0.15) is 0 Å². The molecule has 0 saturated carbocycles. The lowest BCUT2D eigenvalue weighted by atomic mass is 10.1. The second-order valence-electron chi connectivity index (χ2n) is 9.82. The van der Waals surface area contributed by atoms with Crippen LogP contribution in [0.25, 0.3) is 0 Å². The topological polar surface area (TPSA) is 55.8 Å². The fourth-order valence-corrected chi connectivity index (χ4v) is 3.99. The van der Waals surface area contributed by atoms with Crippen LogP contribution in [0, 0.1) is 0 Å². The van der Waals surface area contributed by atoms with Crippen LogP contribution >= 0.6 is 0 Å². The summed E-state index contributed by atoms with van der Waals surface area (Å²) in [6.07, 6.45) is 32.0. The molecule has 1 N–H and O–H groups in total. The molecule has 206 valence electrons. The first-order valence-electron chi connectivity index (χ1n) is 14.9. The average molecular weight is 495 g/mol. The van der Waals surface area contributed by atoms with E-state index in [0.717, 1.165) is 25.7 Å². The molecule has 0 bridgehead atoms. The van der Waals surface area contributed by atoms with E-state index < -0.39 is 6.10 Å². The zero-order chi connectivity index (χ0) is 25.7. The molecule has 0 rings (SSSR count). The van der Waals surface area contributed by atoms with Gasteiger partial charge < -0.3 is 14.6 Å². The Labute approximate surface area is 217 Å². The number of hydrogen-bond acceptors (Lipinski definition) is 4. The van der Waals surface area contributed by atoms with Gasteiger partial charge in [0.05, 0.1) is 13.2 Å². The van der Waals surface area contributed by atoms with Crippen molar-refractivity contribution in [3.63, 3.8) is 0 Å². The summed E-state index contributed by atoms with van der Waals surface area (Å²) in [4.78, 5) is 12.0. The minimum Gasteiger partial charge on any atom is -0.457 e. The highest BCUT2D eigenvalue weighted by Crippen LogP contribution is 2.11. The van der Waals surface area contributed by atoms with Crippen molar-refractivity contribution in [2.45, 2.75) is 148 Å². The second-order valence-corrected chi connectivity index (χ2v) is 9.82. The average Bonchev–Trinajstić information content (AvgIpc) is 2.86. The molecule has 0 fully saturated rings. The van der Waals surface area contributed by atoms with Crippen LogP contribution in [0.1, 0.15) is 142 Å². The van der Waals surface area contributed by atoms with E-state index in [4.69, 9.17) is 9.47 Å². The van der Waals surface area contributed by atoms with Crippen LogP contribution in [-0.2, 0) is 14.3 Å². The molecule has 1 unspecified atom stereocenters. The van der Waals surface area contributed by atoms with Gasteiger partial charge in [0.15, 0.2) is 0 Å². The number of carbonyl (C=O) groups excluding carboxylic acids is 1. The summed E-state index contributed by atoms with van der Waals surface area (Å²) >= 11 is 0. The zero-order valence-electron chi connectivity index (χ0n) is 23.3. The molecule has 0 aromatic carbocycles. The Kier molecular flexibility index (Phi) is 28.2. The SMILES string of the molecule is CCCC/C=C\C/C=C\CCCCCCCCOCC(CO)OC(=O)CCCCCCCCCC. The van der Waals surface area contributed by atoms with Crippen LogP contribution in [0.2, 0.25) is 0 Å². The third-order valence-electron chi connectivity index (χ3n) is 6.28. The standard InChI is InChI=1S/C31H58O4/c1-3-5-7-9-11-13-14-15-16-17-18-19-21-23-25-27-34-29-30(28-32)35-31(33)26-24-22-20-12-10-8-6-4-2/h9,11,14-15,30,32H,3-8,10,12-13,16-29H2,1-2H3/b11-9-,15-14-. The zero-order valence-corrected chi connectivity index (χ0v) is 23.3. The van der Waals surface area contributed by atoms with Crippen LogP contribution in [0.5, 0.6) is 0 Å². The van der Waals surface area contributed by atoms with Crippen molar-refractivity contribution < 1.29 is 19.4 Å². The number of hydrogen-bond donors (Lipinski definition) is 1. The minimum atomic E-state index is -0.531. The molecule has 1 atom stereocenters. The van der Waals surface area contributed by atoms with Gasteiger partial charge in [0.2, 0.25) is 0 Å². The Morgan fingerprint density at radius 2 is 1.23 bits per heavy atom. The first-order chi connectivity index (χ1) is 17.2. The highest BCUT2D eigenvalue weighted by molar-refractivity contribution is 5.69. The fourth-order valence-electron chi connectivity index (χ4n) is 3.99. The number of aliphatic hydroxyl groups is 1. The van der Waals surface area contributed by atoms with Gasteiger partial charge in [-0.1, -0.05) is 122 Å². The van der Waals surface area contributed by atoms with Gasteiger partial charge in [-0.15, -0.1) is 0 Å². The molecule has 0 aliphatic rings. The highest BCUT2D eigenvalue weighted by Gasteiger charge is 2.13. The summed E-state index contributed by atoms with van der Waals surface area (Å²) in [6, 6.07) is 0. The predicted octanol–water partition coefficient (Wildman–Crippen LogP) is 8.86. The van der Waals surface area contributed by atoms with Crippen LogP contribution in [0.3, 0.4) is 0 Å². The molecule has 4 heteroatoms. The highest BCUT2D eigenvalue weighted by atomic mass is 16.6. The fraction of sp³-hybridized carbons (Fsp3) is 0.839. The smallest absolute Gasteiger partial charge is 0.306 e. The first-order valence-corrected chi connectivity index (χ1v) is 14.9. The Bertz CT molecular complexity index is 486. The van der Waals surface area contributed by atoms with E-state index in [1.165, 1.54) is 96.3 Å². The van der Waals surface area contributed by atoms with Gasteiger partial charge in [-0.25, -0.2) is 0 Å². The summed E-state index contributed by atoms with van der Waals surface area (Å²) in [5, 5.41) is 9.46. The van der Waals surface area contributed by atoms with Gasteiger partial charge in [-0.05, 0) is 38.5 Å². The number of aliphatic hydroxyl groups excluding tert-OH is 1. The lowest BCUT2D eigenvalue weighted by molar-refractivity contribution is -0.154. The van der Waals surface area contributed by atoms with Crippen molar-refractivity contribution in [2.24, 2.45) is 0 Å². The van der Waals surface area contributed by atoms with Gasteiger partial charge in [0, 0.05) is 13.0 Å². The number of esters is 1. The molecule has 0 radical (unpaired) electrons. The maximum absolute atomic E-state index is 12.0. The van der Waals surface area contributed by atoms with E-state index in [2.05, 4.69) is 38.2 Å². The van der Waals surface area contributed by atoms with Gasteiger partial charge in [0.25, 0.3) is 0 Å². The Balaban J connectivity index is 3.46. The summed E-state index contributed by atoms with van der Waals surface area (Å²) < 4.78 is 11.0. The molecule has 0 amide bonds. The molecule has 4 nitrogen and oxygen atoms in total. The van der Waals surface area contributed by atoms with Crippen LogP contribution < -0.4 is 0 Å². The second kappa shape index (κ2) is 29.1. The monoisotopic (exact) mass is 494 g/mol. The molecule has 0 aromatic rings. The van der Waals surface area contributed by atoms with E-state index in [0.29, 0.717) is 19.6 Å². The molecule has 0 aliphatic carbocycles. The van der Waals surface area contributed by atoms with Crippen molar-refractivity contribution in [1.29, 1.82) is 0 Å². The lowest BCUT2D eigenvalue weighted by Crippen LogP contribution is -2.27. The maximum atomic E-state index is 12.0. The van der Waals surface area contributed by atoms with Crippen LogP contribution in [0.15, 0.2) is 24.3 Å². The number of allylic oxidation sites excluding steroid dienone is 4. The van der Waals surface area contributed by atoms with E-state index in [1.54, 1.807) is 0 Å². The predicted molar refractivity (Wildman–Crippen MR) is 150 cm³/mol. The van der Waals surface area contributed by atoms with Crippen molar-refractivity contribution in [2.75, 3.05) is 19.8 Å². The van der Waals surface area contributed by atoms with Crippen LogP contribution in [-0.4, -0.2) is 37.0 Å². The molecule has 0 aromatic heterocycles. The van der Waals surface area contributed by atoms with Gasteiger partial charge in [0.1, 0.15) is 6.10 Å². The molecular formula is C31H58O4. The Morgan fingerprint density at radius 3 is 1.86 bits per heavy atom. The van der Waals surface area contributed by atoms with E-state index in [-0.39, 0.29) is 12.6 Å². The lowest BCUT2D eigenvalue weighted by Gasteiger charge is -2.15. The van der Waals surface area contributed by atoms with E-state index in [9.17, 15) is 9.90 Å². The third kappa shape index (κ3) is 27.3. The minimum absolute atomic E-state index is 0.174. The van der Waals surface area contributed by atoms with Crippen molar-refractivity contribution in [3.8, 4) is 0 Å². The van der Waals surface area contributed by atoms with E-state index >= 15 is 0 Å². The molecular weight excluding hydrogens is 436 g/mol. The summed E-state index contributed by atoms with van der Waals surface area (Å²) in [5.74, 6) is -0.211. The Morgan fingerprint density at radius 1 is 0.686 bits per heavy atom. The molecule has 35 heavy (non-hydrogen) atoms. The number of ether oxygens (including phenoxy) is 2. The largest absolute Gasteiger partial charge is 0.457 e. The van der Waals surface area contributed by atoms with Gasteiger partial charge >= 0.3 is 5.97 Å². The number of rotatable bonds is 27. The maximum Gasteiger partial charge on any atom is 0.306 e. The number of unbranched alkanes of at least 4 members (excludes halogenated alkanes) is 15.